The van der Waals surface area contributed by atoms with Crippen LogP contribution in [0, 0.1) is 12.7 Å². The molecule has 3 atom stereocenters. The van der Waals surface area contributed by atoms with Crippen LogP contribution in [0.25, 0.3) is 0 Å². The highest BCUT2D eigenvalue weighted by molar-refractivity contribution is 6.30. The molecule has 0 radical (unpaired) electrons. The first-order valence-corrected chi connectivity index (χ1v) is 14.7. The van der Waals surface area contributed by atoms with E-state index < -0.39 is 23.7 Å². The second-order valence-electron chi connectivity index (χ2n) is 11.5. The summed E-state index contributed by atoms with van der Waals surface area (Å²) in [6, 6.07) is 10.3. The van der Waals surface area contributed by atoms with Crippen molar-refractivity contribution in [3.8, 4) is 11.5 Å². The number of aromatic nitrogens is 2. The number of carboxylic acid groups (broad SMARTS) is 1. The van der Waals surface area contributed by atoms with Crippen molar-refractivity contribution in [2.45, 2.75) is 76.5 Å². The minimum Gasteiger partial charge on any atom is -0.481 e. The van der Waals surface area contributed by atoms with Crippen molar-refractivity contribution in [2.75, 3.05) is 19.7 Å². The molecule has 0 saturated carbocycles. The van der Waals surface area contributed by atoms with E-state index >= 15 is 0 Å². The Morgan fingerprint density at radius 2 is 1.98 bits per heavy atom. The Labute approximate surface area is 248 Å². The van der Waals surface area contributed by atoms with Crippen molar-refractivity contribution in [3.05, 3.63) is 75.6 Å². The molecule has 0 spiro atoms. The lowest BCUT2D eigenvalue weighted by molar-refractivity contribution is -0.139. The molecule has 3 aliphatic heterocycles. The van der Waals surface area contributed by atoms with Gasteiger partial charge < -0.3 is 29.0 Å². The molecule has 1 aromatic heterocycles. The lowest BCUT2D eigenvalue weighted by Gasteiger charge is -2.33. The van der Waals surface area contributed by atoms with Gasteiger partial charge in [-0.1, -0.05) is 23.7 Å². The summed E-state index contributed by atoms with van der Waals surface area (Å²) in [6.07, 6.45) is 1.21. The zero-order valence-electron chi connectivity index (χ0n) is 23.7. The molecule has 2 saturated heterocycles. The smallest absolute Gasteiger partial charge is 0.306 e. The van der Waals surface area contributed by atoms with E-state index in [1.807, 2.05) is 23.6 Å². The van der Waals surface area contributed by atoms with E-state index in [0.29, 0.717) is 47.6 Å². The van der Waals surface area contributed by atoms with Gasteiger partial charge in [-0.2, -0.15) is 0 Å². The van der Waals surface area contributed by atoms with E-state index in [-0.39, 0.29) is 24.0 Å². The molecule has 2 fully saturated rings. The van der Waals surface area contributed by atoms with Crippen molar-refractivity contribution in [1.82, 2.24) is 14.5 Å². The number of aryl methyl sites for hydroxylation is 1. The van der Waals surface area contributed by atoms with Crippen LogP contribution < -0.4 is 9.47 Å². The zero-order valence-corrected chi connectivity index (χ0v) is 24.4. The molecule has 9 nitrogen and oxygen atoms in total. The second-order valence-corrected chi connectivity index (χ2v) is 11.9. The molecule has 3 aromatic rings. The summed E-state index contributed by atoms with van der Waals surface area (Å²) in [4.78, 5) is 18.4. The maximum absolute atomic E-state index is 14.8. The van der Waals surface area contributed by atoms with Crippen molar-refractivity contribution >= 4 is 17.6 Å². The van der Waals surface area contributed by atoms with Gasteiger partial charge in [-0.15, -0.1) is 0 Å². The number of carboxylic acids is 1. The van der Waals surface area contributed by atoms with Gasteiger partial charge >= 0.3 is 5.97 Å². The van der Waals surface area contributed by atoms with E-state index in [2.05, 4.69) is 11.0 Å². The van der Waals surface area contributed by atoms with Gasteiger partial charge in [-0.05, 0) is 69.5 Å². The van der Waals surface area contributed by atoms with Crippen LogP contribution in [0.4, 0.5) is 4.39 Å². The predicted molar refractivity (Wildman–Crippen MR) is 152 cm³/mol. The van der Waals surface area contributed by atoms with E-state index in [9.17, 15) is 19.4 Å². The number of para-hydroxylation sites is 1. The predicted octanol–water partition coefficient (Wildman–Crippen LogP) is 5.30. The molecule has 3 aliphatic rings. The van der Waals surface area contributed by atoms with Crippen LogP contribution in [0.3, 0.4) is 0 Å². The Morgan fingerprint density at radius 3 is 2.64 bits per heavy atom. The molecule has 6 rings (SSSR count). The Balaban J connectivity index is 1.16. The third kappa shape index (κ3) is 5.60. The highest BCUT2D eigenvalue weighted by Crippen LogP contribution is 2.50. The number of aliphatic hydroxyl groups is 1. The Hall–Kier alpha value is -3.18. The molecule has 11 heteroatoms. The lowest BCUT2D eigenvalue weighted by Crippen LogP contribution is -2.36. The topological polar surface area (TPSA) is 106 Å². The quantitative estimate of drug-likeness (QED) is 0.341. The number of likely N-dealkylation sites (tertiary alicyclic amines) is 1. The molecule has 0 unspecified atom stereocenters. The van der Waals surface area contributed by atoms with Crippen molar-refractivity contribution in [1.29, 1.82) is 0 Å². The Kier molecular flexibility index (Phi) is 7.91. The third-order valence-corrected chi connectivity index (χ3v) is 8.79. The number of aliphatic hydroxyl groups excluding tert-OH is 1. The highest BCUT2D eigenvalue weighted by Gasteiger charge is 2.43. The summed E-state index contributed by atoms with van der Waals surface area (Å²) in [5.41, 5.74) is 2.53. The maximum atomic E-state index is 14.8. The fourth-order valence-corrected chi connectivity index (χ4v) is 6.48. The number of carbonyl (C=O) groups is 1. The molecule has 42 heavy (non-hydrogen) atoms. The van der Waals surface area contributed by atoms with Gasteiger partial charge in [0.1, 0.15) is 17.7 Å². The van der Waals surface area contributed by atoms with Gasteiger partial charge in [0.2, 0.25) is 0 Å². The lowest BCUT2D eigenvalue weighted by atomic mass is 9.88. The summed E-state index contributed by atoms with van der Waals surface area (Å²) in [5, 5.41) is 20.3. The number of hydrogen-bond donors (Lipinski definition) is 2. The number of rotatable bonds is 9. The van der Waals surface area contributed by atoms with Crippen LogP contribution in [0.5, 0.6) is 11.5 Å². The summed E-state index contributed by atoms with van der Waals surface area (Å²) in [7, 11) is 0. The summed E-state index contributed by atoms with van der Waals surface area (Å²) in [5.74, 6) is -0.557. The normalized spacial score (nSPS) is 23.1. The zero-order chi connectivity index (χ0) is 29.6. The number of fused-ring (bicyclic) bond motifs is 1. The van der Waals surface area contributed by atoms with Crippen molar-refractivity contribution < 1.29 is 33.6 Å². The first-order valence-electron chi connectivity index (χ1n) is 14.4. The van der Waals surface area contributed by atoms with Crippen LogP contribution >= 0.6 is 11.6 Å². The number of aliphatic carboxylic acids is 1. The fourth-order valence-electron chi connectivity index (χ4n) is 6.32. The molecule has 0 amide bonds. The van der Waals surface area contributed by atoms with E-state index in [4.69, 9.17) is 30.8 Å². The summed E-state index contributed by atoms with van der Waals surface area (Å²) in [6.45, 7) is 7.00. The molecule has 2 N–H and O–H groups in total. The van der Waals surface area contributed by atoms with Crippen LogP contribution in [0.1, 0.15) is 73.0 Å². The second kappa shape index (κ2) is 11.5. The molecule has 0 aliphatic carbocycles. The fraction of sp³-hybridized carbons (Fsp3) is 0.484. The third-order valence-electron chi connectivity index (χ3n) is 8.56. The Morgan fingerprint density at radius 1 is 1.21 bits per heavy atom. The maximum Gasteiger partial charge on any atom is 0.306 e. The van der Waals surface area contributed by atoms with Gasteiger partial charge in [0.15, 0.2) is 11.5 Å². The van der Waals surface area contributed by atoms with Gasteiger partial charge in [0.05, 0.1) is 42.6 Å². The molecule has 0 bridgehead atoms. The largest absolute Gasteiger partial charge is 0.481 e. The van der Waals surface area contributed by atoms with Crippen LogP contribution in [-0.2, 0) is 28.4 Å². The molecule has 4 heterocycles. The standard InChI is InChI=1S/C31H35ClFN3O6/c1-18-29(25(37)15-28(38)39)36(16-21-10-13-40-21)27(34-18)17-35-11-8-19(9-12-35)22-4-3-5-26-30(22)42-31(2,41-26)23-7-6-20(32)14-24(23)33/h3-7,14,19,21,25,37H,8-13,15-17H2,1-2H3,(H,38,39)/t21-,25+,31-/m0/s1. The number of benzene rings is 2. The average Bonchev–Trinajstić information content (AvgIpc) is 3.41. The van der Waals surface area contributed by atoms with Crippen molar-refractivity contribution in [2.24, 2.45) is 0 Å². The number of imidazole rings is 1. The highest BCUT2D eigenvalue weighted by atomic mass is 35.5. The number of piperidine rings is 1. The number of ether oxygens (including phenoxy) is 3. The Bertz CT molecular complexity index is 1490. The number of hydrogen-bond acceptors (Lipinski definition) is 7. The summed E-state index contributed by atoms with van der Waals surface area (Å²) < 4.78 is 34.9. The minimum absolute atomic E-state index is 0.0355. The first-order chi connectivity index (χ1) is 20.1. The van der Waals surface area contributed by atoms with Gasteiger partial charge in [-0.25, -0.2) is 9.37 Å². The van der Waals surface area contributed by atoms with Crippen LogP contribution in [0.15, 0.2) is 36.4 Å². The van der Waals surface area contributed by atoms with Crippen molar-refractivity contribution in [3.63, 3.8) is 0 Å². The van der Waals surface area contributed by atoms with Gasteiger partial charge in [0.25, 0.3) is 5.79 Å². The monoisotopic (exact) mass is 599 g/mol. The van der Waals surface area contributed by atoms with E-state index in [0.717, 1.165) is 43.7 Å². The number of nitrogens with zero attached hydrogens (tertiary/aromatic N) is 3. The first kappa shape index (κ1) is 28.9. The molecule has 2 aromatic carbocycles. The van der Waals surface area contributed by atoms with E-state index in [1.165, 1.54) is 6.07 Å². The average molecular weight is 600 g/mol. The molecular formula is C31H35ClFN3O6. The van der Waals surface area contributed by atoms with E-state index in [1.54, 1.807) is 19.1 Å². The van der Waals surface area contributed by atoms with Crippen LogP contribution in [-0.4, -0.2) is 56.4 Å². The molecule has 224 valence electrons. The molecular weight excluding hydrogens is 565 g/mol. The SMILES string of the molecule is Cc1nc(CN2CCC(c3cccc4c3O[C@@](C)(c3ccc(Cl)cc3F)O4)CC2)n(C[C@@H]2CCO2)c1[C@H](O)CC(=O)O. The van der Waals surface area contributed by atoms with Gasteiger partial charge in [-0.3, -0.25) is 9.69 Å². The minimum atomic E-state index is -1.30. The summed E-state index contributed by atoms with van der Waals surface area (Å²) >= 11 is 5.96. The number of halogens is 2. The van der Waals surface area contributed by atoms with Gasteiger partial charge in [0, 0.05) is 24.1 Å². The van der Waals surface area contributed by atoms with Crippen LogP contribution in [0.2, 0.25) is 5.02 Å².